The largest absolute Gasteiger partial charge is 0.320 e. The molecule has 1 saturated heterocycles. The van der Waals surface area contributed by atoms with E-state index in [-0.39, 0.29) is 23.8 Å². The first-order valence-electron chi connectivity index (χ1n) is 8.47. The van der Waals surface area contributed by atoms with E-state index in [2.05, 4.69) is 10.2 Å². The normalized spacial score (nSPS) is 25.0. The number of nitrogens with zero attached hydrogens (tertiary/aromatic N) is 3. The Balaban J connectivity index is 1.53. The minimum Gasteiger partial charge on any atom is -0.320 e. The topological polar surface area (TPSA) is 69.3 Å². The van der Waals surface area contributed by atoms with Crippen LogP contribution in [0.3, 0.4) is 0 Å². The van der Waals surface area contributed by atoms with E-state index in [1.165, 1.54) is 0 Å². The molecule has 1 N–H and O–H groups in total. The second kappa shape index (κ2) is 6.19. The number of fused-ring (bicyclic) bond motifs is 1. The fourth-order valence-corrected chi connectivity index (χ4v) is 5.09. The lowest BCUT2D eigenvalue weighted by atomic mass is 10.0. The summed E-state index contributed by atoms with van der Waals surface area (Å²) in [7, 11) is 0. The molecule has 1 unspecified atom stereocenters. The van der Waals surface area contributed by atoms with Gasteiger partial charge in [0.2, 0.25) is 5.91 Å². The number of aromatic amines is 1. The first kappa shape index (κ1) is 15.1. The number of hydrogen-bond acceptors (Lipinski definition) is 4. The van der Waals surface area contributed by atoms with Crippen molar-refractivity contribution in [2.45, 2.75) is 44.6 Å². The van der Waals surface area contributed by atoms with Gasteiger partial charge in [-0.15, -0.1) is 11.8 Å². The predicted molar refractivity (Wildman–Crippen MR) is 89.2 cm³/mol. The van der Waals surface area contributed by atoms with Crippen molar-refractivity contribution in [3.8, 4) is 0 Å². The predicted octanol–water partition coefficient (Wildman–Crippen LogP) is 1.78. The minimum absolute atomic E-state index is 0.0590. The Morgan fingerprint density at radius 2 is 2.04 bits per heavy atom. The number of rotatable bonds is 2. The second-order valence-corrected chi connectivity index (χ2v) is 7.63. The molecule has 0 radical (unpaired) electrons. The molecule has 2 amide bonds. The van der Waals surface area contributed by atoms with Crippen LogP contribution >= 0.6 is 11.8 Å². The molecular formula is C16H22N4O2S. The van der Waals surface area contributed by atoms with Crippen LogP contribution in [0, 0.1) is 5.92 Å². The number of aryl methyl sites for hydroxylation is 1. The second-order valence-electron chi connectivity index (χ2n) is 6.63. The zero-order chi connectivity index (χ0) is 15.8. The fraction of sp³-hybridized carbons (Fsp3) is 0.688. The molecule has 7 heteroatoms. The van der Waals surface area contributed by atoms with Gasteiger partial charge in [-0.1, -0.05) is 12.8 Å². The Bertz CT molecular complexity index is 611. The molecule has 1 aromatic heterocycles. The smallest absolute Gasteiger partial charge is 0.250 e. The maximum atomic E-state index is 13.1. The molecule has 2 fully saturated rings. The summed E-state index contributed by atoms with van der Waals surface area (Å²) in [5.41, 5.74) is 1.93. The number of nitrogens with one attached hydrogen (secondary N) is 1. The Hall–Kier alpha value is -1.50. The van der Waals surface area contributed by atoms with Gasteiger partial charge in [-0.05, 0) is 25.7 Å². The molecule has 1 aliphatic carbocycles. The van der Waals surface area contributed by atoms with E-state index in [0.717, 1.165) is 56.5 Å². The molecule has 2 aliphatic heterocycles. The summed E-state index contributed by atoms with van der Waals surface area (Å²) < 4.78 is 0. The van der Waals surface area contributed by atoms with Gasteiger partial charge in [-0.25, -0.2) is 0 Å². The highest BCUT2D eigenvalue weighted by Gasteiger charge is 2.41. The molecule has 124 valence electrons. The van der Waals surface area contributed by atoms with Crippen LogP contribution in [0.2, 0.25) is 0 Å². The van der Waals surface area contributed by atoms with Crippen molar-refractivity contribution in [3.05, 3.63) is 11.9 Å². The molecule has 1 atom stereocenters. The van der Waals surface area contributed by atoms with Crippen molar-refractivity contribution in [2.75, 3.05) is 23.1 Å². The fourth-order valence-electron chi connectivity index (χ4n) is 3.94. The van der Waals surface area contributed by atoms with E-state index in [1.807, 2.05) is 9.80 Å². The van der Waals surface area contributed by atoms with E-state index in [1.54, 1.807) is 18.0 Å². The Labute approximate surface area is 140 Å². The van der Waals surface area contributed by atoms with Gasteiger partial charge in [0.1, 0.15) is 6.04 Å². The molecular weight excluding hydrogens is 312 g/mol. The molecule has 4 rings (SSSR count). The first-order chi connectivity index (χ1) is 11.3. The van der Waals surface area contributed by atoms with Gasteiger partial charge < -0.3 is 9.80 Å². The van der Waals surface area contributed by atoms with E-state index < -0.39 is 0 Å². The van der Waals surface area contributed by atoms with Crippen LogP contribution in [0.4, 0.5) is 5.69 Å². The van der Waals surface area contributed by atoms with E-state index in [4.69, 9.17) is 0 Å². The van der Waals surface area contributed by atoms with Crippen LogP contribution in [-0.4, -0.2) is 51.1 Å². The maximum Gasteiger partial charge on any atom is 0.250 e. The SMILES string of the molecule is O=C(C1CSCN1C(=O)C1CCCC1)N1CCCc2[nH]ncc21. The van der Waals surface area contributed by atoms with Gasteiger partial charge in [-0.3, -0.25) is 14.7 Å². The van der Waals surface area contributed by atoms with Crippen LogP contribution in [0.5, 0.6) is 0 Å². The molecule has 1 aromatic rings. The van der Waals surface area contributed by atoms with Crippen LogP contribution in [0.15, 0.2) is 6.20 Å². The van der Waals surface area contributed by atoms with Crippen molar-refractivity contribution in [1.82, 2.24) is 15.1 Å². The number of hydrogen-bond donors (Lipinski definition) is 1. The van der Waals surface area contributed by atoms with Gasteiger partial charge >= 0.3 is 0 Å². The molecule has 0 spiro atoms. The number of anilines is 1. The average Bonchev–Trinajstić information content (AvgIpc) is 3.33. The zero-order valence-corrected chi connectivity index (χ0v) is 14.0. The molecule has 23 heavy (non-hydrogen) atoms. The average molecular weight is 334 g/mol. The summed E-state index contributed by atoms with van der Waals surface area (Å²) in [5.74, 6) is 1.74. The molecule has 3 aliphatic rings. The quantitative estimate of drug-likeness (QED) is 0.895. The maximum absolute atomic E-state index is 13.1. The minimum atomic E-state index is -0.311. The summed E-state index contributed by atoms with van der Waals surface area (Å²) >= 11 is 1.69. The Morgan fingerprint density at radius 1 is 1.22 bits per heavy atom. The van der Waals surface area contributed by atoms with E-state index in [0.29, 0.717) is 11.6 Å². The standard InChI is InChI=1S/C16H22N4O2S/c21-15(11-4-1-2-5-11)20-10-23-9-14(20)16(22)19-7-3-6-12-13(19)8-17-18-12/h8,11,14H,1-7,9-10H2,(H,17,18). The van der Waals surface area contributed by atoms with Gasteiger partial charge in [0.25, 0.3) is 5.91 Å². The highest BCUT2D eigenvalue weighted by atomic mass is 32.2. The van der Waals surface area contributed by atoms with Gasteiger partial charge in [0, 0.05) is 18.2 Å². The number of amides is 2. The lowest BCUT2D eigenvalue weighted by Gasteiger charge is -2.32. The summed E-state index contributed by atoms with van der Waals surface area (Å²) in [6.45, 7) is 0.720. The van der Waals surface area contributed by atoms with Crippen LogP contribution < -0.4 is 4.90 Å². The third kappa shape index (κ3) is 2.65. The molecule has 6 nitrogen and oxygen atoms in total. The lowest BCUT2D eigenvalue weighted by Crippen LogP contribution is -2.51. The van der Waals surface area contributed by atoms with Gasteiger partial charge in [0.15, 0.2) is 0 Å². The van der Waals surface area contributed by atoms with Crippen LogP contribution in [-0.2, 0) is 16.0 Å². The summed E-state index contributed by atoms with van der Waals surface area (Å²) in [4.78, 5) is 29.5. The van der Waals surface area contributed by atoms with Gasteiger partial charge in [0.05, 0.1) is 23.5 Å². The molecule has 3 heterocycles. The van der Waals surface area contributed by atoms with Crippen LogP contribution in [0.25, 0.3) is 0 Å². The third-order valence-electron chi connectivity index (χ3n) is 5.22. The number of H-pyrrole nitrogens is 1. The van der Waals surface area contributed by atoms with Crippen molar-refractivity contribution in [3.63, 3.8) is 0 Å². The summed E-state index contributed by atoms with van der Waals surface area (Å²) in [5, 5.41) is 7.06. The number of thioether (sulfide) groups is 1. The molecule has 1 saturated carbocycles. The van der Waals surface area contributed by atoms with Crippen LogP contribution in [0.1, 0.15) is 37.8 Å². The molecule has 0 bridgehead atoms. The molecule has 0 aromatic carbocycles. The van der Waals surface area contributed by atoms with Crippen molar-refractivity contribution in [2.24, 2.45) is 5.92 Å². The highest BCUT2D eigenvalue weighted by molar-refractivity contribution is 7.99. The number of carbonyl (C=O) groups excluding carboxylic acids is 2. The van der Waals surface area contributed by atoms with E-state index >= 15 is 0 Å². The highest BCUT2D eigenvalue weighted by Crippen LogP contribution is 2.33. The summed E-state index contributed by atoms with van der Waals surface area (Å²) in [6.07, 6.45) is 7.85. The Kier molecular flexibility index (Phi) is 4.05. The Morgan fingerprint density at radius 3 is 2.87 bits per heavy atom. The zero-order valence-electron chi connectivity index (χ0n) is 13.2. The monoisotopic (exact) mass is 334 g/mol. The number of aromatic nitrogens is 2. The third-order valence-corrected chi connectivity index (χ3v) is 6.23. The van der Waals surface area contributed by atoms with Crippen molar-refractivity contribution >= 4 is 29.3 Å². The van der Waals surface area contributed by atoms with Crippen molar-refractivity contribution in [1.29, 1.82) is 0 Å². The lowest BCUT2D eigenvalue weighted by molar-refractivity contribution is -0.140. The van der Waals surface area contributed by atoms with E-state index in [9.17, 15) is 9.59 Å². The summed E-state index contributed by atoms with van der Waals surface area (Å²) in [6, 6.07) is -0.311. The first-order valence-corrected chi connectivity index (χ1v) is 9.63. The number of carbonyl (C=O) groups is 2. The van der Waals surface area contributed by atoms with Crippen molar-refractivity contribution < 1.29 is 9.59 Å². The van der Waals surface area contributed by atoms with Gasteiger partial charge in [-0.2, -0.15) is 5.10 Å².